The first kappa shape index (κ1) is 24.5. The van der Waals surface area contributed by atoms with E-state index < -0.39 is 4.92 Å². The maximum atomic E-state index is 11.3. The van der Waals surface area contributed by atoms with Crippen molar-refractivity contribution >= 4 is 5.69 Å². The molecule has 1 aliphatic heterocycles. The molecular formula is C27H30N6O4. The molecule has 0 bridgehead atoms. The lowest BCUT2D eigenvalue weighted by atomic mass is 9.95. The molecule has 10 heteroatoms. The minimum atomic E-state index is -0.470. The standard InChI is InChI=1S/C27H30N6O4/c1-37-24-16-23(33(35)36)15-22(26(24)34)18-30-11-7-21(8-12-30)27-29-10-14-32(27)19-25-28-9-13-31(25)17-20-5-3-2-4-6-20/h2-6,9-10,13-16,21,34H,7-8,11-12,17-19H2,1H3. The second-order valence-electron chi connectivity index (χ2n) is 9.33. The van der Waals surface area contributed by atoms with E-state index in [9.17, 15) is 15.2 Å². The van der Waals surface area contributed by atoms with Gasteiger partial charge in [0.1, 0.15) is 11.6 Å². The zero-order valence-electron chi connectivity index (χ0n) is 20.7. The predicted octanol–water partition coefficient (Wildman–Crippen LogP) is 4.18. The highest BCUT2D eigenvalue weighted by atomic mass is 16.6. The van der Waals surface area contributed by atoms with Gasteiger partial charge in [0.2, 0.25) is 0 Å². The highest BCUT2D eigenvalue weighted by molar-refractivity contribution is 5.53. The number of piperidine rings is 1. The molecule has 0 unspecified atom stereocenters. The van der Waals surface area contributed by atoms with Crippen molar-refractivity contribution in [1.82, 2.24) is 24.0 Å². The smallest absolute Gasteiger partial charge is 0.273 e. The largest absolute Gasteiger partial charge is 0.504 e. The summed E-state index contributed by atoms with van der Waals surface area (Å²) in [6, 6.07) is 13.0. The van der Waals surface area contributed by atoms with Crippen LogP contribution in [0.4, 0.5) is 5.69 Å². The number of aromatic hydroxyl groups is 1. The maximum absolute atomic E-state index is 11.3. The fraction of sp³-hybridized carbons (Fsp3) is 0.333. The second kappa shape index (κ2) is 10.8. The number of nitrogens with zero attached hydrogens (tertiary/aromatic N) is 6. The number of methoxy groups -OCH3 is 1. The molecule has 1 aliphatic rings. The number of imidazole rings is 2. The summed E-state index contributed by atoms with van der Waals surface area (Å²) in [5.74, 6) is 2.41. The van der Waals surface area contributed by atoms with Gasteiger partial charge >= 0.3 is 0 Å². The Labute approximate surface area is 214 Å². The third-order valence-corrected chi connectivity index (χ3v) is 6.97. The van der Waals surface area contributed by atoms with Gasteiger partial charge in [0.15, 0.2) is 11.5 Å². The Kier molecular flexibility index (Phi) is 7.18. The number of phenols is 1. The number of ether oxygens (including phenoxy) is 1. The van der Waals surface area contributed by atoms with Crippen molar-refractivity contribution in [2.75, 3.05) is 20.2 Å². The average Bonchev–Trinajstić information content (AvgIpc) is 3.56. The van der Waals surface area contributed by atoms with Gasteiger partial charge < -0.3 is 19.0 Å². The van der Waals surface area contributed by atoms with E-state index >= 15 is 0 Å². The molecule has 2 aromatic carbocycles. The average molecular weight is 503 g/mol. The van der Waals surface area contributed by atoms with Gasteiger partial charge in [0.25, 0.3) is 5.69 Å². The lowest BCUT2D eigenvalue weighted by Crippen LogP contribution is -2.33. The maximum Gasteiger partial charge on any atom is 0.273 e. The molecule has 0 aliphatic carbocycles. The molecule has 1 N–H and O–H groups in total. The molecule has 1 fully saturated rings. The number of aromatic nitrogens is 4. The number of hydrogen-bond acceptors (Lipinski definition) is 7. The van der Waals surface area contributed by atoms with Crippen LogP contribution in [0.2, 0.25) is 0 Å². The predicted molar refractivity (Wildman–Crippen MR) is 138 cm³/mol. The number of likely N-dealkylation sites (tertiary alicyclic amines) is 1. The van der Waals surface area contributed by atoms with E-state index in [4.69, 9.17) is 4.74 Å². The van der Waals surface area contributed by atoms with Gasteiger partial charge in [-0.1, -0.05) is 30.3 Å². The molecule has 0 amide bonds. The summed E-state index contributed by atoms with van der Waals surface area (Å²) in [5, 5.41) is 21.8. The van der Waals surface area contributed by atoms with Crippen LogP contribution in [-0.2, 0) is 19.6 Å². The van der Waals surface area contributed by atoms with Gasteiger partial charge in [-0.25, -0.2) is 9.97 Å². The molecule has 1 saturated heterocycles. The fourth-order valence-corrected chi connectivity index (χ4v) is 5.00. The van der Waals surface area contributed by atoms with Crippen molar-refractivity contribution in [2.24, 2.45) is 0 Å². The van der Waals surface area contributed by atoms with Crippen molar-refractivity contribution in [1.29, 1.82) is 0 Å². The Balaban J connectivity index is 1.24. The molecule has 2 aromatic heterocycles. The van der Waals surface area contributed by atoms with E-state index in [0.29, 0.717) is 24.6 Å². The molecule has 5 rings (SSSR count). The summed E-state index contributed by atoms with van der Waals surface area (Å²) in [6.45, 7) is 3.43. The van der Waals surface area contributed by atoms with Crippen molar-refractivity contribution < 1.29 is 14.8 Å². The summed E-state index contributed by atoms with van der Waals surface area (Å²) in [7, 11) is 1.39. The molecule has 0 radical (unpaired) electrons. The summed E-state index contributed by atoms with van der Waals surface area (Å²) in [4.78, 5) is 22.3. The normalized spacial score (nSPS) is 14.6. The van der Waals surface area contributed by atoms with E-state index in [1.807, 2.05) is 43.0 Å². The summed E-state index contributed by atoms with van der Waals surface area (Å²) in [5.41, 5.74) is 1.64. The summed E-state index contributed by atoms with van der Waals surface area (Å²) in [6.07, 6.45) is 9.52. The van der Waals surface area contributed by atoms with Crippen molar-refractivity contribution in [3.8, 4) is 11.5 Å². The van der Waals surface area contributed by atoms with Crippen LogP contribution < -0.4 is 4.74 Å². The Hall–Kier alpha value is -4.18. The second-order valence-corrected chi connectivity index (χ2v) is 9.33. The Morgan fingerprint density at radius 2 is 1.76 bits per heavy atom. The van der Waals surface area contributed by atoms with Crippen LogP contribution in [0.25, 0.3) is 0 Å². The molecule has 192 valence electrons. The van der Waals surface area contributed by atoms with Crippen LogP contribution in [0.5, 0.6) is 11.5 Å². The third-order valence-electron chi connectivity index (χ3n) is 6.97. The Morgan fingerprint density at radius 1 is 1.03 bits per heavy atom. The lowest BCUT2D eigenvalue weighted by molar-refractivity contribution is -0.385. The minimum absolute atomic E-state index is 0.0447. The first-order valence-electron chi connectivity index (χ1n) is 12.3. The number of non-ortho nitro benzene ring substituents is 1. The number of nitro benzene ring substituents is 1. The number of hydrogen-bond donors (Lipinski definition) is 1. The van der Waals surface area contributed by atoms with E-state index in [-0.39, 0.29) is 17.2 Å². The van der Waals surface area contributed by atoms with Gasteiger partial charge in [0, 0.05) is 55.4 Å². The number of phenolic OH excluding ortho intramolecular Hbond substituents is 1. The van der Waals surface area contributed by atoms with Crippen molar-refractivity contribution in [3.05, 3.63) is 100 Å². The molecule has 3 heterocycles. The number of benzene rings is 2. The third kappa shape index (κ3) is 5.49. The lowest BCUT2D eigenvalue weighted by Gasteiger charge is -2.32. The Bertz CT molecular complexity index is 1360. The van der Waals surface area contributed by atoms with Crippen molar-refractivity contribution in [2.45, 2.75) is 38.4 Å². The number of nitro groups is 1. The molecule has 0 spiro atoms. The Morgan fingerprint density at radius 3 is 2.49 bits per heavy atom. The number of rotatable bonds is 9. The monoisotopic (exact) mass is 502 g/mol. The zero-order valence-corrected chi connectivity index (χ0v) is 20.7. The zero-order chi connectivity index (χ0) is 25.8. The van der Waals surface area contributed by atoms with E-state index in [2.05, 4.69) is 36.1 Å². The molecule has 4 aromatic rings. The van der Waals surface area contributed by atoms with Gasteiger partial charge in [-0.3, -0.25) is 15.0 Å². The van der Waals surface area contributed by atoms with Crippen LogP contribution in [-0.4, -0.2) is 54.2 Å². The molecule has 0 atom stereocenters. The first-order chi connectivity index (χ1) is 18.0. The highest BCUT2D eigenvalue weighted by Gasteiger charge is 2.26. The van der Waals surface area contributed by atoms with Gasteiger partial charge in [-0.15, -0.1) is 0 Å². The topological polar surface area (TPSA) is 111 Å². The first-order valence-corrected chi connectivity index (χ1v) is 12.3. The molecule has 0 saturated carbocycles. The minimum Gasteiger partial charge on any atom is -0.504 e. The highest BCUT2D eigenvalue weighted by Crippen LogP contribution is 2.36. The SMILES string of the molecule is COc1cc([N+](=O)[O-])cc(CN2CCC(c3nccn3Cc3nccn3Cc3ccccc3)CC2)c1O. The molecule has 37 heavy (non-hydrogen) atoms. The van der Waals surface area contributed by atoms with E-state index in [0.717, 1.165) is 44.1 Å². The van der Waals surface area contributed by atoms with Gasteiger partial charge in [-0.2, -0.15) is 0 Å². The van der Waals surface area contributed by atoms with E-state index in [1.54, 1.807) is 0 Å². The van der Waals surface area contributed by atoms with Gasteiger partial charge in [-0.05, 0) is 31.5 Å². The molecular weight excluding hydrogens is 472 g/mol. The van der Waals surface area contributed by atoms with Crippen LogP contribution in [0, 0.1) is 10.1 Å². The van der Waals surface area contributed by atoms with Crippen LogP contribution in [0.15, 0.2) is 67.3 Å². The molecule has 10 nitrogen and oxygen atoms in total. The quantitative estimate of drug-likeness (QED) is 0.270. The van der Waals surface area contributed by atoms with Crippen LogP contribution in [0.3, 0.4) is 0 Å². The fourth-order valence-electron chi connectivity index (χ4n) is 5.00. The van der Waals surface area contributed by atoms with Crippen LogP contribution >= 0.6 is 0 Å². The summed E-state index contributed by atoms with van der Waals surface area (Å²) >= 11 is 0. The summed E-state index contributed by atoms with van der Waals surface area (Å²) < 4.78 is 9.49. The van der Waals surface area contributed by atoms with Crippen LogP contribution in [0.1, 0.15) is 41.5 Å². The van der Waals surface area contributed by atoms with E-state index in [1.165, 1.54) is 24.8 Å². The van der Waals surface area contributed by atoms with Gasteiger partial charge in [0.05, 0.1) is 24.6 Å². The van der Waals surface area contributed by atoms with Crippen molar-refractivity contribution in [3.63, 3.8) is 0 Å².